The molecule has 17 heavy (non-hydrogen) atoms. The SMILES string of the molecule is CCCCOCCNc1cncc(NCC)n1. The van der Waals surface area contributed by atoms with Crippen LogP contribution in [0, 0.1) is 0 Å². The Hall–Kier alpha value is -1.36. The zero-order valence-corrected chi connectivity index (χ0v) is 10.7. The molecule has 5 nitrogen and oxygen atoms in total. The standard InChI is InChI=1S/C12H22N4O/c1-3-5-7-17-8-6-15-12-10-13-9-11(16-12)14-4-2/h9-10H,3-8H2,1-2H3,(H2,14,15,16). The van der Waals surface area contributed by atoms with Crippen molar-refractivity contribution < 1.29 is 4.74 Å². The predicted molar refractivity (Wildman–Crippen MR) is 70.4 cm³/mol. The molecule has 0 aliphatic heterocycles. The van der Waals surface area contributed by atoms with E-state index in [2.05, 4.69) is 27.5 Å². The summed E-state index contributed by atoms with van der Waals surface area (Å²) in [5.74, 6) is 1.58. The van der Waals surface area contributed by atoms with Crippen LogP contribution in [-0.2, 0) is 4.74 Å². The fourth-order valence-electron chi connectivity index (χ4n) is 1.32. The van der Waals surface area contributed by atoms with E-state index < -0.39 is 0 Å². The summed E-state index contributed by atoms with van der Waals surface area (Å²) in [4.78, 5) is 8.46. The lowest BCUT2D eigenvalue weighted by Crippen LogP contribution is -2.12. The third-order valence-electron chi connectivity index (χ3n) is 2.19. The van der Waals surface area contributed by atoms with Crippen LogP contribution in [0.4, 0.5) is 11.6 Å². The molecule has 0 aliphatic carbocycles. The molecule has 0 saturated heterocycles. The number of unbranched alkanes of at least 4 members (excludes halogenated alkanes) is 1. The fraction of sp³-hybridized carbons (Fsp3) is 0.667. The van der Waals surface area contributed by atoms with Crippen molar-refractivity contribution in [1.82, 2.24) is 9.97 Å². The molecule has 96 valence electrons. The molecule has 0 amide bonds. The Bertz CT molecular complexity index is 306. The van der Waals surface area contributed by atoms with Crippen molar-refractivity contribution >= 4 is 11.6 Å². The van der Waals surface area contributed by atoms with Crippen LogP contribution in [0.15, 0.2) is 12.4 Å². The number of hydrogen-bond donors (Lipinski definition) is 2. The van der Waals surface area contributed by atoms with Crippen LogP contribution in [0.1, 0.15) is 26.7 Å². The van der Waals surface area contributed by atoms with Gasteiger partial charge in [-0.15, -0.1) is 0 Å². The van der Waals surface area contributed by atoms with Crippen LogP contribution in [-0.4, -0.2) is 36.3 Å². The summed E-state index contributed by atoms with van der Waals surface area (Å²) < 4.78 is 5.45. The lowest BCUT2D eigenvalue weighted by molar-refractivity contribution is 0.141. The van der Waals surface area contributed by atoms with Crippen LogP contribution >= 0.6 is 0 Å². The molecule has 0 atom stereocenters. The highest BCUT2D eigenvalue weighted by atomic mass is 16.5. The first kappa shape index (κ1) is 13.7. The van der Waals surface area contributed by atoms with Gasteiger partial charge in [0.15, 0.2) is 0 Å². The number of anilines is 2. The first-order valence-corrected chi connectivity index (χ1v) is 6.24. The molecule has 1 rings (SSSR count). The summed E-state index contributed by atoms with van der Waals surface area (Å²) in [6.07, 6.45) is 5.72. The second-order valence-electron chi connectivity index (χ2n) is 3.71. The molecule has 1 aromatic rings. The van der Waals surface area contributed by atoms with Gasteiger partial charge in [0.25, 0.3) is 0 Å². The van der Waals surface area contributed by atoms with Gasteiger partial charge in [-0.25, -0.2) is 4.98 Å². The Morgan fingerprint density at radius 1 is 1.12 bits per heavy atom. The largest absolute Gasteiger partial charge is 0.380 e. The van der Waals surface area contributed by atoms with Crippen molar-refractivity contribution in [3.8, 4) is 0 Å². The molecular formula is C12H22N4O. The van der Waals surface area contributed by atoms with E-state index in [9.17, 15) is 0 Å². The van der Waals surface area contributed by atoms with Crippen LogP contribution < -0.4 is 10.6 Å². The van der Waals surface area contributed by atoms with E-state index >= 15 is 0 Å². The zero-order valence-electron chi connectivity index (χ0n) is 10.7. The van der Waals surface area contributed by atoms with Gasteiger partial charge in [-0.2, -0.15) is 0 Å². The summed E-state index contributed by atoms with van der Waals surface area (Å²) in [6.45, 7) is 7.33. The second kappa shape index (κ2) is 8.75. The van der Waals surface area contributed by atoms with Gasteiger partial charge in [0.2, 0.25) is 0 Å². The van der Waals surface area contributed by atoms with E-state index in [0.717, 1.165) is 37.8 Å². The maximum Gasteiger partial charge on any atom is 0.147 e. The fourth-order valence-corrected chi connectivity index (χ4v) is 1.32. The van der Waals surface area contributed by atoms with Crippen LogP contribution in [0.5, 0.6) is 0 Å². The lowest BCUT2D eigenvalue weighted by Gasteiger charge is -2.07. The third kappa shape index (κ3) is 6.06. The minimum atomic E-state index is 0.702. The van der Waals surface area contributed by atoms with Crippen molar-refractivity contribution in [2.24, 2.45) is 0 Å². The summed E-state index contributed by atoms with van der Waals surface area (Å²) in [7, 11) is 0. The molecule has 0 spiro atoms. The molecule has 1 aromatic heterocycles. The Kier molecular flexibility index (Phi) is 7.06. The smallest absolute Gasteiger partial charge is 0.147 e. The molecule has 0 unspecified atom stereocenters. The van der Waals surface area contributed by atoms with Gasteiger partial charge in [-0.1, -0.05) is 13.3 Å². The first-order valence-electron chi connectivity index (χ1n) is 6.24. The summed E-state index contributed by atoms with van der Waals surface area (Å²) >= 11 is 0. The molecule has 5 heteroatoms. The quantitative estimate of drug-likeness (QED) is 0.645. The molecule has 1 heterocycles. The Morgan fingerprint density at radius 2 is 1.88 bits per heavy atom. The summed E-state index contributed by atoms with van der Waals surface area (Å²) in [5, 5.41) is 6.30. The van der Waals surface area contributed by atoms with Gasteiger partial charge in [-0.3, -0.25) is 4.98 Å². The minimum absolute atomic E-state index is 0.702. The number of nitrogens with zero attached hydrogens (tertiary/aromatic N) is 2. The van der Waals surface area contributed by atoms with Crippen molar-refractivity contribution in [1.29, 1.82) is 0 Å². The van der Waals surface area contributed by atoms with Gasteiger partial charge in [0.05, 0.1) is 19.0 Å². The topological polar surface area (TPSA) is 59.1 Å². The average molecular weight is 238 g/mol. The van der Waals surface area contributed by atoms with Gasteiger partial charge < -0.3 is 15.4 Å². The minimum Gasteiger partial charge on any atom is -0.380 e. The maximum absolute atomic E-state index is 5.45. The summed E-state index contributed by atoms with van der Waals surface area (Å²) in [6, 6.07) is 0. The van der Waals surface area contributed by atoms with E-state index in [1.54, 1.807) is 12.4 Å². The molecule has 0 aliphatic rings. The van der Waals surface area contributed by atoms with Crippen LogP contribution in [0.25, 0.3) is 0 Å². The number of hydrogen-bond acceptors (Lipinski definition) is 5. The zero-order chi connectivity index (χ0) is 12.3. The Labute approximate surface area is 103 Å². The predicted octanol–water partition coefficient (Wildman–Crippen LogP) is 2.14. The lowest BCUT2D eigenvalue weighted by atomic mass is 10.4. The number of ether oxygens (including phenoxy) is 1. The maximum atomic E-state index is 5.45. The molecule has 0 saturated carbocycles. The molecule has 0 aromatic carbocycles. The van der Waals surface area contributed by atoms with Gasteiger partial charge in [0.1, 0.15) is 11.6 Å². The molecule has 0 bridgehead atoms. The molecule has 2 N–H and O–H groups in total. The van der Waals surface area contributed by atoms with E-state index in [4.69, 9.17) is 4.74 Å². The first-order chi connectivity index (χ1) is 8.36. The molecule has 0 fully saturated rings. The van der Waals surface area contributed by atoms with Crippen LogP contribution in [0.2, 0.25) is 0 Å². The highest BCUT2D eigenvalue weighted by molar-refractivity contribution is 5.41. The third-order valence-corrected chi connectivity index (χ3v) is 2.19. The highest BCUT2D eigenvalue weighted by Crippen LogP contribution is 2.05. The van der Waals surface area contributed by atoms with Gasteiger partial charge in [-0.05, 0) is 13.3 Å². The Morgan fingerprint density at radius 3 is 2.59 bits per heavy atom. The molecular weight excluding hydrogens is 216 g/mol. The summed E-state index contributed by atoms with van der Waals surface area (Å²) in [5.41, 5.74) is 0. The van der Waals surface area contributed by atoms with Gasteiger partial charge >= 0.3 is 0 Å². The van der Waals surface area contributed by atoms with Gasteiger partial charge in [0, 0.05) is 19.7 Å². The van der Waals surface area contributed by atoms with Crippen molar-refractivity contribution in [3.63, 3.8) is 0 Å². The van der Waals surface area contributed by atoms with Crippen LogP contribution in [0.3, 0.4) is 0 Å². The second-order valence-corrected chi connectivity index (χ2v) is 3.71. The number of nitrogens with one attached hydrogen (secondary N) is 2. The Balaban J connectivity index is 2.19. The highest BCUT2D eigenvalue weighted by Gasteiger charge is 1.96. The monoisotopic (exact) mass is 238 g/mol. The van der Waals surface area contributed by atoms with E-state index in [-0.39, 0.29) is 0 Å². The van der Waals surface area contributed by atoms with E-state index in [0.29, 0.717) is 6.61 Å². The van der Waals surface area contributed by atoms with E-state index in [1.165, 1.54) is 6.42 Å². The van der Waals surface area contributed by atoms with Crippen molar-refractivity contribution in [2.75, 3.05) is 36.9 Å². The number of aromatic nitrogens is 2. The normalized spacial score (nSPS) is 10.2. The molecule has 0 radical (unpaired) electrons. The van der Waals surface area contributed by atoms with Crippen molar-refractivity contribution in [3.05, 3.63) is 12.4 Å². The van der Waals surface area contributed by atoms with Crippen molar-refractivity contribution in [2.45, 2.75) is 26.7 Å². The van der Waals surface area contributed by atoms with E-state index in [1.807, 2.05) is 6.92 Å². The number of rotatable bonds is 9. The average Bonchev–Trinajstić information content (AvgIpc) is 2.35.